The monoisotopic (exact) mass is 116 g/mol. The molecule has 2 N–H and O–H groups in total. The molecule has 1 amide bonds. The van der Waals surface area contributed by atoms with Crippen LogP contribution in [0.1, 0.15) is 6.92 Å². The predicted octanol–water partition coefficient (Wildman–Crippen LogP) is -0.483. The molecule has 0 aliphatic heterocycles. The molecule has 4 heteroatoms. The number of amides is 1. The maximum absolute atomic E-state index is 9.87. The molecule has 0 aromatic rings. The van der Waals surface area contributed by atoms with Crippen LogP contribution < -0.4 is 5.73 Å². The van der Waals surface area contributed by atoms with E-state index in [1.165, 1.54) is 6.92 Å². The summed E-state index contributed by atoms with van der Waals surface area (Å²) in [5.74, 6) is -3.49. The molecule has 0 saturated carbocycles. The Balaban J connectivity index is 3.83. The largest absolute Gasteiger partial charge is 0.481 e. The predicted molar refractivity (Wildman–Crippen MR) is 24.9 cm³/mol. The van der Waals surface area contributed by atoms with Crippen molar-refractivity contribution in [3.8, 4) is 0 Å². The second-order valence-electron chi connectivity index (χ2n) is 1.42. The van der Waals surface area contributed by atoms with Crippen molar-refractivity contribution in [3.63, 3.8) is 0 Å². The molecular weight excluding hydrogens is 110 g/mol. The molecule has 8 heavy (non-hydrogen) atoms. The second kappa shape index (κ2) is 2.30. The molecule has 0 aromatic carbocycles. The van der Waals surface area contributed by atoms with Gasteiger partial charge in [-0.1, -0.05) is 0 Å². The van der Waals surface area contributed by atoms with Gasteiger partial charge in [-0.25, -0.2) is 0 Å². The summed E-state index contributed by atoms with van der Waals surface area (Å²) in [6.45, 7) is 1.18. The van der Waals surface area contributed by atoms with Crippen molar-refractivity contribution < 1.29 is 14.7 Å². The summed E-state index contributed by atoms with van der Waals surface area (Å²) < 4.78 is 0. The van der Waals surface area contributed by atoms with Crippen molar-refractivity contribution in [2.75, 3.05) is 0 Å². The zero-order valence-electron chi connectivity index (χ0n) is 4.34. The summed E-state index contributed by atoms with van der Waals surface area (Å²) in [5.41, 5.74) is 6.29. The van der Waals surface area contributed by atoms with E-state index in [0.29, 0.717) is 0 Å². The van der Waals surface area contributed by atoms with Gasteiger partial charge in [0.1, 0.15) is 5.92 Å². The molecule has 0 spiro atoms. The summed E-state index contributed by atoms with van der Waals surface area (Å²) in [5, 5.41) is 8.01. The molecule has 0 rings (SSSR count). The lowest BCUT2D eigenvalue weighted by Crippen LogP contribution is -2.20. The highest BCUT2D eigenvalue weighted by molar-refractivity contribution is 5.95. The van der Waals surface area contributed by atoms with Crippen LogP contribution >= 0.6 is 0 Å². The first-order valence-corrected chi connectivity index (χ1v) is 2.04. The quantitative estimate of drug-likeness (QED) is 0.495. The Bertz CT molecular complexity index is 106. The Kier molecular flexibility index (Phi) is 1.99. The van der Waals surface area contributed by atoms with E-state index in [9.17, 15) is 9.59 Å². The third-order valence-corrected chi connectivity index (χ3v) is 0.764. The average Bonchev–Trinajstić information content (AvgIpc) is 1.64. The van der Waals surface area contributed by atoms with Gasteiger partial charge in [0, 0.05) is 0 Å². The first-order valence-electron chi connectivity index (χ1n) is 2.04. The van der Waals surface area contributed by atoms with E-state index >= 15 is 0 Å². The fourth-order valence-electron chi connectivity index (χ4n) is 0.112. The lowest BCUT2D eigenvalue weighted by Gasteiger charge is -1.94. The molecule has 0 fully saturated rings. The van der Waals surface area contributed by atoms with E-state index in [1.54, 1.807) is 0 Å². The van der Waals surface area contributed by atoms with Crippen LogP contribution in [0.15, 0.2) is 0 Å². The van der Waals surface area contributed by atoms with Gasteiger partial charge in [0.25, 0.3) is 5.91 Å². The molecule has 0 aromatic heterocycles. The normalized spacial score (nSPS) is 12.6. The van der Waals surface area contributed by atoms with Gasteiger partial charge in [0.05, 0.1) is 0 Å². The average molecular weight is 116 g/mol. The smallest absolute Gasteiger partial charge is 0.315 e. The maximum atomic E-state index is 9.87. The molecule has 0 bridgehead atoms. The Labute approximate surface area is 46.3 Å². The van der Waals surface area contributed by atoms with Crippen LogP contribution in [0.3, 0.4) is 0 Å². The number of nitrogens with one attached hydrogen (secondary N) is 1. The van der Waals surface area contributed by atoms with Crippen molar-refractivity contribution in [3.05, 3.63) is 0 Å². The first kappa shape index (κ1) is 6.94. The van der Waals surface area contributed by atoms with Gasteiger partial charge in [0.15, 0.2) is 0 Å². The lowest BCUT2D eigenvalue weighted by atomic mass is 10.2. The van der Waals surface area contributed by atoms with E-state index in [0.717, 1.165) is 0 Å². The highest BCUT2D eigenvalue weighted by Crippen LogP contribution is 1.91. The molecule has 4 nitrogen and oxygen atoms in total. The number of hydrogen-bond acceptors (Lipinski definition) is 2. The van der Waals surface area contributed by atoms with Gasteiger partial charge in [-0.2, -0.15) is 0 Å². The van der Waals surface area contributed by atoms with E-state index in [-0.39, 0.29) is 0 Å². The van der Waals surface area contributed by atoms with Crippen LogP contribution in [0.2, 0.25) is 0 Å². The number of aliphatic carboxylic acids is 1. The summed E-state index contributed by atoms with van der Waals surface area (Å²) in [7, 11) is 0. The van der Waals surface area contributed by atoms with Crippen LogP contribution in [-0.4, -0.2) is 17.0 Å². The second-order valence-corrected chi connectivity index (χ2v) is 1.42. The molecule has 1 radical (unpaired) electrons. The summed E-state index contributed by atoms with van der Waals surface area (Å²) >= 11 is 0. The van der Waals surface area contributed by atoms with Gasteiger partial charge in [-0.05, 0) is 6.92 Å². The fraction of sp³-hybridized carbons (Fsp3) is 0.500. The van der Waals surface area contributed by atoms with Crippen molar-refractivity contribution in [1.82, 2.24) is 5.73 Å². The SMILES string of the molecule is CC(C([NH])=O)C(=O)O. The van der Waals surface area contributed by atoms with E-state index in [4.69, 9.17) is 10.8 Å². The van der Waals surface area contributed by atoms with Crippen molar-refractivity contribution in [1.29, 1.82) is 0 Å². The molecule has 0 heterocycles. The lowest BCUT2D eigenvalue weighted by molar-refractivity contribution is -0.145. The number of carboxylic acid groups (broad SMARTS) is 1. The number of carbonyl (C=O) groups excluding carboxylic acids is 1. The van der Waals surface area contributed by atoms with Crippen LogP contribution in [0.4, 0.5) is 0 Å². The maximum Gasteiger partial charge on any atom is 0.315 e. The zero-order chi connectivity index (χ0) is 6.73. The number of rotatable bonds is 2. The third kappa shape index (κ3) is 1.59. The van der Waals surface area contributed by atoms with Gasteiger partial charge >= 0.3 is 5.97 Å². The van der Waals surface area contributed by atoms with Crippen molar-refractivity contribution in [2.24, 2.45) is 5.92 Å². The Morgan fingerprint density at radius 2 is 2.00 bits per heavy atom. The fourth-order valence-corrected chi connectivity index (χ4v) is 0.112. The first-order chi connectivity index (χ1) is 3.55. The molecule has 1 atom stereocenters. The van der Waals surface area contributed by atoms with Gasteiger partial charge in [0.2, 0.25) is 0 Å². The highest BCUT2D eigenvalue weighted by atomic mass is 16.4. The molecule has 45 valence electrons. The molecule has 0 aliphatic rings. The van der Waals surface area contributed by atoms with Gasteiger partial charge in [-0.15, -0.1) is 0 Å². The molecular formula is C4H6NO3. The minimum Gasteiger partial charge on any atom is -0.481 e. The van der Waals surface area contributed by atoms with Crippen molar-refractivity contribution in [2.45, 2.75) is 6.92 Å². The van der Waals surface area contributed by atoms with Crippen LogP contribution in [0.25, 0.3) is 0 Å². The minimum atomic E-state index is -1.25. The third-order valence-electron chi connectivity index (χ3n) is 0.764. The zero-order valence-corrected chi connectivity index (χ0v) is 4.34. The summed E-state index contributed by atoms with van der Waals surface area (Å²) in [6.07, 6.45) is 0. The number of carboxylic acids is 1. The standard InChI is InChI=1S/C4H6NO3/c1-2(3(5)6)4(7)8/h2,5H,1H3,(H,7,8). The van der Waals surface area contributed by atoms with Crippen LogP contribution in [0, 0.1) is 5.92 Å². The topological polar surface area (TPSA) is 78.2 Å². The summed E-state index contributed by atoms with van der Waals surface area (Å²) in [4.78, 5) is 19.7. The van der Waals surface area contributed by atoms with Gasteiger partial charge in [-0.3, -0.25) is 15.3 Å². The Morgan fingerprint density at radius 3 is 2.00 bits per heavy atom. The number of carbonyl (C=O) groups is 2. The van der Waals surface area contributed by atoms with E-state index in [1.807, 2.05) is 0 Å². The molecule has 0 saturated heterocycles. The van der Waals surface area contributed by atoms with E-state index < -0.39 is 17.8 Å². The summed E-state index contributed by atoms with van der Waals surface area (Å²) in [6, 6.07) is 0. The highest BCUT2D eigenvalue weighted by Gasteiger charge is 2.16. The molecule has 1 unspecified atom stereocenters. The molecule has 0 aliphatic carbocycles. The number of hydrogen-bond donors (Lipinski definition) is 1. The van der Waals surface area contributed by atoms with Crippen LogP contribution in [-0.2, 0) is 9.59 Å². The van der Waals surface area contributed by atoms with Crippen molar-refractivity contribution >= 4 is 11.9 Å². The van der Waals surface area contributed by atoms with E-state index in [2.05, 4.69) is 0 Å². The Hall–Kier alpha value is -1.06. The minimum absolute atomic E-state index is 1.06. The Morgan fingerprint density at radius 1 is 1.62 bits per heavy atom. The van der Waals surface area contributed by atoms with Crippen LogP contribution in [0.5, 0.6) is 0 Å². The van der Waals surface area contributed by atoms with Gasteiger partial charge < -0.3 is 5.11 Å².